The van der Waals surface area contributed by atoms with Gasteiger partial charge in [0.1, 0.15) is 0 Å². The van der Waals surface area contributed by atoms with Crippen LogP contribution in [-0.2, 0) is 0 Å². The van der Waals surface area contributed by atoms with Crippen LogP contribution in [-0.4, -0.2) is 62.3 Å². The predicted molar refractivity (Wildman–Crippen MR) is 151 cm³/mol. The minimum Gasteiger partial charge on any atom is -0.392 e. The Bertz CT molecular complexity index is 1540. The summed E-state index contributed by atoms with van der Waals surface area (Å²) in [5.41, 5.74) is 15.0. The number of nitrogens with two attached hydrogens (primary N) is 2. The minimum absolute atomic E-state index is 0.00550. The Morgan fingerprint density at radius 2 is 1.15 bits per heavy atom. The molecule has 2 fully saturated rings. The highest BCUT2D eigenvalue weighted by Crippen LogP contribution is 2.40. The van der Waals surface area contributed by atoms with Gasteiger partial charge in [0, 0.05) is 23.9 Å². The summed E-state index contributed by atoms with van der Waals surface area (Å²) in [6, 6.07) is 0.930. The van der Waals surface area contributed by atoms with Gasteiger partial charge in [-0.05, 0) is 38.5 Å². The number of imidazole rings is 2. The molecule has 0 unspecified atom stereocenters. The van der Waals surface area contributed by atoms with E-state index in [1.54, 1.807) is 12.7 Å². The fourth-order valence-corrected chi connectivity index (χ4v) is 6.05. The van der Waals surface area contributed by atoms with E-state index in [0.717, 1.165) is 49.6 Å². The molecule has 4 atom stereocenters. The first-order chi connectivity index (χ1) is 19.5. The summed E-state index contributed by atoms with van der Waals surface area (Å²) in [4.78, 5) is 27.0. The fraction of sp³-hybridized carbons (Fsp3) is 0.481. The van der Waals surface area contributed by atoms with Gasteiger partial charge in [0.25, 0.3) is 0 Å². The summed E-state index contributed by atoms with van der Waals surface area (Å²) in [6.45, 7) is 0. The lowest BCUT2D eigenvalue weighted by Crippen LogP contribution is -2.26. The molecular formula is C27H32N12O. The highest BCUT2D eigenvalue weighted by molar-refractivity contribution is 5.85. The summed E-state index contributed by atoms with van der Waals surface area (Å²) < 4.78 is 4.08. The van der Waals surface area contributed by atoms with E-state index in [1.807, 2.05) is 9.13 Å². The van der Waals surface area contributed by atoms with Crippen molar-refractivity contribution in [2.24, 2.45) is 11.8 Å². The molecule has 13 nitrogen and oxygen atoms in total. The SMILES string of the molecule is Nc1nc(NC2CC2)c2ncn([C@H]3C=C[C@@H](C(O)[C@@H]4C=C[C@H](n5cnc6c(NC7CC7)nc(N)nc65)C4)C3)c2n1. The second-order valence-electron chi connectivity index (χ2n) is 11.5. The van der Waals surface area contributed by atoms with Crippen molar-refractivity contribution in [1.82, 2.24) is 39.0 Å². The lowest BCUT2D eigenvalue weighted by Gasteiger charge is -2.24. The van der Waals surface area contributed by atoms with Crippen LogP contribution < -0.4 is 22.1 Å². The maximum Gasteiger partial charge on any atom is 0.224 e. The van der Waals surface area contributed by atoms with E-state index in [4.69, 9.17) is 11.5 Å². The number of nitrogen functional groups attached to an aromatic ring is 2. The smallest absolute Gasteiger partial charge is 0.224 e. The van der Waals surface area contributed by atoms with Crippen LogP contribution in [0.25, 0.3) is 22.3 Å². The Kier molecular flexibility index (Phi) is 5.24. The van der Waals surface area contributed by atoms with Crippen molar-refractivity contribution in [2.45, 2.75) is 68.8 Å². The van der Waals surface area contributed by atoms with E-state index in [-0.39, 0.29) is 35.8 Å². The van der Waals surface area contributed by atoms with Gasteiger partial charge in [-0.15, -0.1) is 0 Å². The van der Waals surface area contributed by atoms with Crippen molar-refractivity contribution in [2.75, 3.05) is 22.1 Å². The third-order valence-corrected chi connectivity index (χ3v) is 8.49. The second-order valence-corrected chi connectivity index (χ2v) is 11.5. The number of hydrogen-bond donors (Lipinski definition) is 5. The number of nitrogens with one attached hydrogen (secondary N) is 2. The van der Waals surface area contributed by atoms with Crippen molar-refractivity contribution in [3.8, 4) is 0 Å². The molecule has 0 radical (unpaired) electrons. The number of aliphatic hydroxyl groups excluding tert-OH is 1. The molecule has 0 bridgehead atoms. The molecule has 0 aliphatic heterocycles. The van der Waals surface area contributed by atoms with Crippen LogP contribution in [0.2, 0.25) is 0 Å². The lowest BCUT2D eigenvalue weighted by atomic mass is 9.89. The summed E-state index contributed by atoms with van der Waals surface area (Å²) in [5, 5.41) is 18.3. The summed E-state index contributed by atoms with van der Waals surface area (Å²) in [6.07, 6.45) is 17.6. The van der Waals surface area contributed by atoms with Gasteiger partial charge in [-0.2, -0.15) is 19.9 Å². The van der Waals surface area contributed by atoms with E-state index < -0.39 is 6.10 Å². The second kappa shape index (κ2) is 8.88. The van der Waals surface area contributed by atoms with Gasteiger partial charge in [-0.1, -0.05) is 24.3 Å². The number of hydrogen-bond acceptors (Lipinski definition) is 11. The van der Waals surface area contributed by atoms with Gasteiger partial charge >= 0.3 is 0 Å². The van der Waals surface area contributed by atoms with Gasteiger partial charge in [-0.3, -0.25) is 0 Å². The first-order valence-electron chi connectivity index (χ1n) is 14.1. The first-order valence-corrected chi connectivity index (χ1v) is 14.1. The molecule has 40 heavy (non-hydrogen) atoms. The van der Waals surface area contributed by atoms with Gasteiger partial charge in [-0.25, -0.2) is 9.97 Å². The van der Waals surface area contributed by atoms with Crippen LogP contribution in [0.15, 0.2) is 37.0 Å². The molecule has 0 aromatic carbocycles. The number of nitrogens with zero attached hydrogens (tertiary/aromatic N) is 8. The zero-order valence-corrected chi connectivity index (χ0v) is 21.9. The normalized spacial score (nSPS) is 26.1. The molecule has 2 saturated carbocycles. The van der Waals surface area contributed by atoms with Crippen LogP contribution in [0.1, 0.15) is 50.6 Å². The number of aromatic nitrogens is 8. The minimum atomic E-state index is -0.523. The molecule has 0 spiro atoms. The zero-order valence-electron chi connectivity index (χ0n) is 21.9. The largest absolute Gasteiger partial charge is 0.392 e. The highest BCUT2D eigenvalue weighted by Gasteiger charge is 2.35. The van der Waals surface area contributed by atoms with Crippen molar-refractivity contribution < 1.29 is 5.11 Å². The Morgan fingerprint density at radius 1 is 0.700 bits per heavy atom. The molecule has 0 saturated heterocycles. The lowest BCUT2D eigenvalue weighted by molar-refractivity contribution is 0.0816. The third kappa shape index (κ3) is 4.12. The zero-order chi connectivity index (χ0) is 27.0. The Balaban J connectivity index is 0.975. The predicted octanol–water partition coefficient (Wildman–Crippen LogP) is 2.57. The first kappa shape index (κ1) is 23.6. The van der Waals surface area contributed by atoms with Crippen molar-refractivity contribution in [1.29, 1.82) is 0 Å². The Hall–Kier alpha value is -4.26. The summed E-state index contributed by atoms with van der Waals surface area (Å²) in [7, 11) is 0. The van der Waals surface area contributed by atoms with E-state index in [1.165, 1.54) is 0 Å². The van der Waals surface area contributed by atoms with Crippen LogP contribution >= 0.6 is 0 Å². The number of fused-ring (bicyclic) bond motifs is 2. The third-order valence-electron chi connectivity index (χ3n) is 8.49. The maximum absolute atomic E-state index is 11.4. The highest BCUT2D eigenvalue weighted by atomic mass is 16.3. The molecule has 8 rings (SSSR count). The molecule has 4 heterocycles. The molecule has 206 valence electrons. The summed E-state index contributed by atoms with van der Waals surface area (Å²) in [5.74, 6) is 1.86. The summed E-state index contributed by atoms with van der Waals surface area (Å²) >= 11 is 0. The van der Waals surface area contributed by atoms with Crippen molar-refractivity contribution >= 4 is 45.9 Å². The molecule has 4 aromatic heterocycles. The van der Waals surface area contributed by atoms with Crippen molar-refractivity contribution in [3.63, 3.8) is 0 Å². The molecule has 0 amide bonds. The number of aliphatic hydroxyl groups is 1. The Labute approximate surface area is 229 Å². The van der Waals surface area contributed by atoms with E-state index >= 15 is 0 Å². The van der Waals surface area contributed by atoms with Gasteiger partial charge in [0.05, 0.1) is 30.8 Å². The van der Waals surface area contributed by atoms with Crippen LogP contribution in [0.4, 0.5) is 23.5 Å². The fourth-order valence-electron chi connectivity index (χ4n) is 6.05. The van der Waals surface area contributed by atoms with E-state index in [0.29, 0.717) is 35.0 Å². The monoisotopic (exact) mass is 540 g/mol. The quantitative estimate of drug-likeness (QED) is 0.207. The maximum atomic E-state index is 11.4. The Morgan fingerprint density at radius 3 is 1.57 bits per heavy atom. The number of allylic oxidation sites excluding steroid dienone is 2. The average molecular weight is 541 g/mol. The van der Waals surface area contributed by atoms with Gasteiger partial charge in [0.2, 0.25) is 11.9 Å². The van der Waals surface area contributed by atoms with Crippen LogP contribution in [0, 0.1) is 11.8 Å². The van der Waals surface area contributed by atoms with E-state index in [9.17, 15) is 5.11 Å². The van der Waals surface area contributed by atoms with Crippen LogP contribution in [0.5, 0.6) is 0 Å². The molecule has 4 aromatic rings. The van der Waals surface area contributed by atoms with Crippen molar-refractivity contribution in [3.05, 3.63) is 37.0 Å². The van der Waals surface area contributed by atoms with Gasteiger partial charge in [0.15, 0.2) is 34.0 Å². The average Bonchev–Trinajstić information content (AvgIpc) is 3.65. The molecule has 7 N–H and O–H groups in total. The standard InChI is InChI=1S/C27H32N12O/c28-26-34-22(32-15-3-4-15)19-24(36-26)38(11-30-19)17-7-1-13(9-17)21(40)14-2-8-18(10-14)39-12-31-20-23(33-16-5-6-16)35-27(29)37-25(20)39/h1-2,7-8,11-18,21,40H,3-6,9-10H2,(H3,28,32,34,36)(H3,29,33,35,37)/t13-,14-,17+,18+/m1/s1. The van der Waals surface area contributed by atoms with E-state index in [2.05, 4.69) is 64.8 Å². The molecular weight excluding hydrogens is 508 g/mol. The molecule has 13 heteroatoms. The number of rotatable bonds is 8. The molecule has 4 aliphatic rings. The topological polar surface area (TPSA) is 184 Å². The molecule has 4 aliphatic carbocycles. The van der Waals surface area contributed by atoms with Crippen LogP contribution in [0.3, 0.4) is 0 Å². The number of anilines is 4. The van der Waals surface area contributed by atoms with Gasteiger partial charge < -0.3 is 36.3 Å².